The summed E-state index contributed by atoms with van der Waals surface area (Å²) in [6.07, 6.45) is 3.74. The molecule has 6 heteroatoms. The Morgan fingerprint density at radius 1 is 1.58 bits per heavy atom. The molecule has 2 heterocycles. The summed E-state index contributed by atoms with van der Waals surface area (Å²) in [7, 11) is 0. The molecule has 0 spiro atoms. The van der Waals surface area contributed by atoms with Crippen LogP contribution in [-0.4, -0.2) is 15.5 Å². The first-order valence-corrected chi connectivity index (χ1v) is 7.65. The van der Waals surface area contributed by atoms with Crippen LogP contribution in [0.3, 0.4) is 0 Å². The van der Waals surface area contributed by atoms with Gasteiger partial charge in [-0.15, -0.1) is 11.3 Å². The standard InChI is InChI=1S/C13H16BrN3OS/c1-8(2)17-7-10(14)4-11(17)13(18)16-6-12-15-5-9(3)19-12/h4-5,7-8H,6H2,1-3H3,(H,16,18). The lowest BCUT2D eigenvalue weighted by Crippen LogP contribution is -2.25. The van der Waals surface area contributed by atoms with E-state index in [1.165, 1.54) is 0 Å². The van der Waals surface area contributed by atoms with E-state index in [0.717, 1.165) is 14.4 Å². The van der Waals surface area contributed by atoms with Crippen molar-refractivity contribution in [2.45, 2.75) is 33.4 Å². The lowest BCUT2D eigenvalue weighted by atomic mass is 10.3. The van der Waals surface area contributed by atoms with E-state index in [1.54, 1.807) is 11.3 Å². The Labute approximate surface area is 125 Å². The van der Waals surface area contributed by atoms with Crippen LogP contribution in [-0.2, 0) is 6.54 Å². The van der Waals surface area contributed by atoms with Crippen molar-refractivity contribution in [3.8, 4) is 0 Å². The number of carbonyl (C=O) groups excluding carboxylic acids is 1. The van der Waals surface area contributed by atoms with Crippen LogP contribution in [0, 0.1) is 6.92 Å². The van der Waals surface area contributed by atoms with Crippen LogP contribution in [0.1, 0.15) is 40.3 Å². The van der Waals surface area contributed by atoms with E-state index in [4.69, 9.17) is 0 Å². The van der Waals surface area contributed by atoms with Crippen molar-refractivity contribution in [2.24, 2.45) is 0 Å². The Kier molecular flexibility index (Phi) is 4.42. The van der Waals surface area contributed by atoms with Crippen molar-refractivity contribution in [1.82, 2.24) is 14.9 Å². The molecule has 1 amide bonds. The molecule has 4 nitrogen and oxygen atoms in total. The quantitative estimate of drug-likeness (QED) is 0.924. The lowest BCUT2D eigenvalue weighted by molar-refractivity contribution is 0.0940. The summed E-state index contributed by atoms with van der Waals surface area (Å²) >= 11 is 5.01. The van der Waals surface area contributed by atoms with Gasteiger partial charge in [0.25, 0.3) is 5.91 Å². The van der Waals surface area contributed by atoms with Gasteiger partial charge >= 0.3 is 0 Å². The number of rotatable bonds is 4. The third-order valence-corrected chi connectivity index (χ3v) is 4.02. The van der Waals surface area contributed by atoms with Crippen molar-refractivity contribution >= 4 is 33.2 Å². The SMILES string of the molecule is Cc1cnc(CNC(=O)c2cc(Br)cn2C(C)C)s1. The van der Waals surface area contributed by atoms with Crippen LogP contribution in [0.2, 0.25) is 0 Å². The number of aryl methyl sites for hydroxylation is 1. The highest BCUT2D eigenvalue weighted by Crippen LogP contribution is 2.19. The van der Waals surface area contributed by atoms with Gasteiger partial charge in [-0.05, 0) is 42.8 Å². The summed E-state index contributed by atoms with van der Waals surface area (Å²) in [6, 6.07) is 2.08. The normalized spacial score (nSPS) is 11.0. The second kappa shape index (κ2) is 5.88. The first-order valence-electron chi connectivity index (χ1n) is 6.04. The Morgan fingerprint density at radius 3 is 2.89 bits per heavy atom. The molecule has 0 aliphatic heterocycles. The van der Waals surface area contributed by atoms with Gasteiger partial charge in [-0.3, -0.25) is 4.79 Å². The molecule has 0 unspecified atom stereocenters. The second-order valence-electron chi connectivity index (χ2n) is 4.59. The van der Waals surface area contributed by atoms with Gasteiger partial charge in [0.15, 0.2) is 0 Å². The average Bonchev–Trinajstić information content (AvgIpc) is 2.92. The van der Waals surface area contributed by atoms with Gasteiger partial charge in [0.2, 0.25) is 0 Å². The predicted molar refractivity (Wildman–Crippen MR) is 80.5 cm³/mol. The Bertz CT molecular complexity index is 588. The zero-order chi connectivity index (χ0) is 14.0. The molecule has 0 aliphatic carbocycles. The maximum absolute atomic E-state index is 12.2. The van der Waals surface area contributed by atoms with Gasteiger partial charge < -0.3 is 9.88 Å². The van der Waals surface area contributed by atoms with E-state index >= 15 is 0 Å². The van der Waals surface area contributed by atoms with Gasteiger partial charge in [-0.2, -0.15) is 0 Å². The topological polar surface area (TPSA) is 46.9 Å². The first-order chi connectivity index (χ1) is 8.97. The van der Waals surface area contributed by atoms with Crippen molar-refractivity contribution in [3.05, 3.63) is 38.5 Å². The number of nitrogens with zero attached hydrogens (tertiary/aromatic N) is 2. The molecule has 0 bridgehead atoms. The van der Waals surface area contributed by atoms with Crippen molar-refractivity contribution in [3.63, 3.8) is 0 Å². The Morgan fingerprint density at radius 2 is 2.32 bits per heavy atom. The molecule has 2 aromatic rings. The third-order valence-electron chi connectivity index (χ3n) is 2.67. The highest BCUT2D eigenvalue weighted by molar-refractivity contribution is 9.10. The number of hydrogen-bond donors (Lipinski definition) is 1. The molecule has 2 rings (SSSR count). The molecule has 0 fully saturated rings. The lowest BCUT2D eigenvalue weighted by Gasteiger charge is -2.12. The number of hydrogen-bond acceptors (Lipinski definition) is 3. The molecule has 2 aromatic heterocycles. The van der Waals surface area contributed by atoms with Crippen molar-refractivity contribution in [1.29, 1.82) is 0 Å². The minimum atomic E-state index is -0.0766. The van der Waals surface area contributed by atoms with Gasteiger partial charge in [0.1, 0.15) is 10.7 Å². The van der Waals surface area contributed by atoms with Crippen LogP contribution in [0.4, 0.5) is 0 Å². The van der Waals surface area contributed by atoms with Gasteiger partial charge in [-0.25, -0.2) is 4.98 Å². The number of carbonyl (C=O) groups is 1. The highest BCUT2D eigenvalue weighted by Gasteiger charge is 2.15. The molecule has 0 saturated carbocycles. The fourth-order valence-electron chi connectivity index (χ4n) is 1.78. The van der Waals surface area contributed by atoms with Gasteiger partial charge in [0, 0.05) is 27.8 Å². The van der Waals surface area contributed by atoms with Gasteiger partial charge in [0.05, 0.1) is 6.54 Å². The number of thiazole rings is 1. The Balaban J connectivity index is 2.07. The van der Waals surface area contributed by atoms with E-state index in [-0.39, 0.29) is 11.9 Å². The maximum atomic E-state index is 12.2. The van der Waals surface area contributed by atoms with E-state index < -0.39 is 0 Å². The van der Waals surface area contributed by atoms with E-state index in [9.17, 15) is 4.79 Å². The largest absolute Gasteiger partial charge is 0.344 e. The molecule has 0 radical (unpaired) electrons. The van der Waals surface area contributed by atoms with E-state index in [1.807, 2.05) is 43.8 Å². The average molecular weight is 342 g/mol. The zero-order valence-electron chi connectivity index (χ0n) is 11.1. The summed E-state index contributed by atoms with van der Waals surface area (Å²) in [4.78, 5) is 17.6. The Hall–Kier alpha value is -1.14. The molecule has 1 N–H and O–H groups in total. The molecule has 0 saturated heterocycles. The van der Waals surface area contributed by atoms with E-state index in [0.29, 0.717) is 12.2 Å². The third kappa shape index (κ3) is 3.45. The summed E-state index contributed by atoms with van der Waals surface area (Å²) in [5.74, 6) is -0.0766. The van der Waals surface area contributed by atoms with Crippen LogP contribution < -0.4 is 5.32 Å². The molecule has 0 aliphatic rings. The summed E-state index contributed by atoms with van der Waals surface area (Å²) in [5, 5.41) is 3.83. The molecular formula is C13H16BrN3OS. The van der Waals surface area contributed by atoms with Crippen LogP contribution >= 0.6 is 27.3 Å². The minimum Gasteiger partial charge on any atom is -0.344 e. The predicted octanol–water partition coefficient (Wildman–Crippen LogP) is 3.53. The fraction of sp³-hybridized carbons (Fsp3) is 0.385. The smallest absolute Gasteiger partial charge is 0.268 e. The summed E-state index contributed by atoms with van der Waals surface area (Å²) in [5.41, 5.74) is 0.662. The van der Waals surface area contributed by atoms with Crippen LogP contribution in [0.5, 0.6) is 0 Å². The molecule has 0 aromatic carbocycles. The molecular weight excluding hydrogens is 326 g/mol. The second-order valence-corrected chi connectivity index (χ2v) is 6.83. The summed E-state index contributed by atoms with van der Waals surface area (Å²) < 4.78 is 2.86. The fourth-order valence-corrected chi connectivity index (χ4v) is 2.95. The minimum absolute atomic E-state index is 0.0766. The molecule has 102 valence electrons. The first kappa shape index (κ1) is 14.3. The van der Waals surface area contributed by atoms with Crippen LogP contribution in [0.15, 0.2) is 22.9 Å². The molecule has 19 heavy (non-hydrogen) atoms. The number of aromatic nitrogens is 2. The highest BCUT2D eigenvalue weighted by atomic mass is 79.9. The van der Waals surface area contributed by atoms with E-state index in [2.05, 4.69) is 26.2 Å². The molecule has 0 atom stereocenters. The van der Waals surface area contributed by atoms with Crippen LogP contribution in [0.25, 0.3) is 0 Å². The number of amides is 1. The van der Waals surface area contributed by atoms with Crippen molar-refractivity contribution < 1.29 is 4.79 Å². The monoisotopic (exact) mass is 341 g/mol. The van der Waals surface area contributed by atoms with Crippen molar-refractivity contribution in [2.75, 3.05) is 0 Å². The maximum Gasteiger partial charge on any atom is 0.268 e. The summed E-state index contributed by atoms with van der Waals surface area (Å²) in [6.45, 7) is 6.57. The zero-order valence-corrected chi connectivity index (χ0v) is 13.5. The number of nitrogens with one attached hydrogen (secondary N) is 1. The number of halogens is 1. The van der Waals surface area contributed by atoms with Gasteiger partial charge in [-0.1, -0.05) is 0 Å².